The van der Waals surface area contributed by atoms with Gasteiger partial charge in [-0.15, -0.1) is 0 Å². The number of nitrogens with zero attached hydrogens (tertiary/aromatic N) is 4. The number of fused-ring (bicyclic) bond motifs is 1. The molecular weight excluding hydrogens is 322 g/mol. The number of aromatic nitrogens is 4. The van der Waals surface area contributed by atoms with E-state index >= 15 is 0 Å². The molecular formula is C17H21N5O3. The summed E-state index contributed by atoms with van der Waals surface area (Å²) in [6.07, 6.45) is 1.36. The van der Waals surface area contributed by atoms with Crippen molar-refractivity contribution in [1.29, 1.82) is 0 Å². The average Bonchev–Trinajstić information content (AvgIpc) is 3.03. The summed E-state index contributed by atoms with van der Waals surface area (Å²) in [6, 6.07) is 9.71. The van der Waals surface area contributed by atoms with Crippen LogP contribution >= 0.6 is 0 Å². The van der Waals surface area contributed by atoms with E-state index in [1.165, 1.54) is 17.9 Å². The van der Waals surface area contributed by atoms with E-state index in [2.05, 4.69) is 10.3 Å². The highest BCUT2D eigenvalue weighted by Gasteiger charge is 2.14. The number of aliphatic hydroxyl groups is 1. The quantitative estimate of drug-likeness (QED) is 0.593. The van der Waals surface area contributed by atoms with Crippen LogP contribution in [-0.2, 0) is 27.1 Å². The second kappa shape index (κ2) is 7.04. The molecule has 1 atom stereocenters. The van der Waals surface area contributed by atoms with E-state index < -0.39 is 11.9 Å². The van der Waals surface area contributed by atoms with Gasteiger partial charge in [-0.2, -0.15) is 0 Å². The smallest absolute Gasteiger partial charge is 0.332 e. The highest BCUT2D eigenvalue weighted by molar-refractivity contribution is 5.69. The Bertz CT molecular complexity index is 987. The van der Waals surface area contributed by atoms with Crippen molar-refractivity contribution in [3.63, 3.8) is 0 Å². The van der Waals surface area contributed by atoms with Crippen LogP contribution in [0.4, 0.5) is 0 Å². The molecule has 0 aliphatic carbocycles. The standard InChI is InChI=1S/C17H21N5O3/c1-20-15-14(16(24)21(2)17(20)25)22(11-19-15)9-8-18-13(23)10-12-6-4-3-5-7-12/h3-7,11,13,18,23H,8-10H2,1-2H3. The third-order valence-electron chi connectivity index (χ3n) is 4.22. The van der Waals surface area contributed by atoms with Crippen LogP contribution < -0.4 is 16.6 Å². The summed E-state index contributed by atoms with van der Waals surface area (Å²) < 4.78 is 4.11. The predicted octanol–water partition coefficient (Wildman–Crippen LogP) is -0.416. The molecule has 2 heterocycles. The Kier molecular flexibility index (Phi) is 4.82. The number of rotatable bonds is 6. The lowest BCUT2D eigenvalue weighted by molar-refractivity contribution is 0.136. The van der Waals surface area contributed by atoms with Crippen molar-refractivity contribution in [2.75, 3.05) is 6.54 Å². The van der Waals surface area contributed by atoms with Gasteiger partial charge in [-0.25, -0.2) is 9.78 Å². The van der Waals surface area contributed by atoms with Gasteiger partial charge in [0.15, 0.2) is 11.2 Å². The lowest BCUT2D eigenvalue weighted by Gasteiger charge is -2.13. The molecule has 8 heteroatoms. The van der Waals surface area contributed by atoms with Crippen molar-refractivity contribution in [2.24, 2.45) is 14.1 Å². The molecule has 132 valence electrons. The molecule has 1 unspecified atom stereocenters. The number of aliphatic hydroxyl groups excluding tert-OH is 1. The molecule has 0 amide bonds. The van der Waals surface area contributed by atoms with Crippen LogP contribution in [0.3, 0.4) is 0 Å². The summed E-state index contributed by atoms with van der Waals surface area (Å²) in [7, 11) is 3.03. The van der Waals surface area contributed by atoms with Gasteiger partial charge >= 0.3 is 5.69 Å². The van der Waals surface area contributed by atoms with Crippen LogP contribution in [0.15, 0.2) is 46.2 Å². The first-order chi connectivity index (χ1) is 12.0. The number of hydrogen-bond donors (Lipinski definition) is 2. The molecule has 8 nitrogen and oxygen atoms in total. The lowest BCUT2D eigenvalue weighted by atomic mass is 10.1. The predicted molar refractivity (Wildman–Crippen MR) is 94.4 cm³/mol. The van der Waals surface area contributed by atoms with Gasteiger partial charge in [-0.1, -0.05) is 30.3 Å². The van der Waals surface area contributed by atoms with Gasteiger partial charge < -0.3 is 9.67 Å². The molecule has 0 saturated carbocycles. The van der Waals surface area contributed by atoms with E-state index in [1.807, 2.05) is 30.3 Å². The summed E-state index contributed by atoms with van der Waals surface area (Å²) in [4.78, 5) is 28.4. The van der Waals surface area contributed by atoms with Crippen molar-refractivity contribution in [1.82, 2.24) is 24.0 Å². The number of imidazole rings is 1. The van der Waals surface area contributed by atoms with Gasteiger partial charge in [0.05, 0.1) is 6.33 Å². The first-order valence-electron chi connectivity index (χ1n) is 8.05. The van der Waals surface area contributed by atoms with E-state index in [0.717, 1.165) is 10.1 Å². The molecule has 0 spiro atoms. The van der Waals surface area contributed by atoms with Crippen LogP contribution in [0.5, 0.6) is 0 Å². The van der Waals surface area contributed by atoms with Gasteiger partial charge in [-0.05, 0) is 5.56 Å². The van der Waals surface area contributed by atoms with Crippen molar-refractivity contribution in [2.45, 2.75) is 19.2 Å². The molecule has 0 bridgehead atoms. The molecule has 1 aromatic carbocycles. The molecule has 2 aromatic heterocycles. The summed E-state index contributed by atoms with van der Waals surface area (Å²) in [5.74, 6) is 0. The Morgan fingerprint density at radius 2 is 1.88 bits per heavy atom. The molecule has 0 fully saturated rings. The molecule has 0 saturated heterocycles. The summed E-state index contributed by atoms with van der Waals surface area (Å²) in [5, 5.41) is 13.1. The van der Waals surface area contributed by atoms with Crippen molar-refractivity contribution >= 4 is 11.2 Å². The Morgan fingerprint density at radius 1 is 1.16 bits per heavy atom. The SMILES string of the molecule is Cn1c(=O)c2c(ncn2CCNC(O)Cc2ccccc2)n(C)c1=O. The van der Waals surface area contributed by atoms with Crippen molar-refractivity contribution < 1.29 is 5.11 Å². The van der Waals surface area contributed by atoms with E-state index in [0.29, 0.717) is 30.7 Å². The number of nitrogens with one attached hydrogen (secondary N) is 1. The number of hydrogen-bond acceptors (Lipinski definition) is 5. The second-order valence-electron chi connectivity index (χ2n) is 5.98. The molecule has 0 aliphatic heterocycles. The maximum absolute atomic E-state index is 12.3. The van der Waals surface area contributed by atoms with E-state index in [4.69, 9.17) is 0 Å². The summed E-state index contributed by atoms with van der Waals surface area (Å²) in [6.45, 7) is 0.918. The minimum Gasteiger partial charge on any atom is -0.378 e. The van der Waals surface area contributed by atoms with Crippen LogP contribution in [0.25, 0.3) is 11.2 Å². The molecule has 25 heavy (non-hydrogen) atoms. The normalized spacial score (nSPS) is 12.6. The van der Waals surface area contributed by atoms with Gasteiger partial charge in [-0.3, -0.25) is 19.2 Å². The maximum Gasteiger partial charge on any atom is 0.332 e. The average molecular weight is 343 g/mol. The van der Waals surface area contributed by atoms with Crippen LogP contribution in [0.2, 0.25) is 0 Å². The Morgan fingerprint density at radius 3 is 2.60 bits per heavy atom. The second-order valence-corrected chi connectivity index (χ2v) is 5.98. The summed E-state index contributed by atoms with van der Waals surface area (Å²) >= 11 is 0. The highest BCUT2D eigenvalue weighted by atomic mass is 16.3. The maximum atomic E-state index is 12.3. The number of aryl methyl sites for hydroxylation is 1. The Hall–Kier alpha value is -2.71. The number of benzene rings is 1. The zero-order valence-corrected chi connectivity index (χ0v) is 14.2. The van der Waals surface area contributed by atoms with Gasteiger partial charge in [0.1, 0.15) is 6.23 Å². The van der Waals surface area contributed by atoms with Crippen molar-refractivity contribution in [3.8, 4) is 0 Å². The lowest BCUT2D eigenvalue weighted by Crippen LogP contribution is -2.38. The van der Waals surface area contributed by atoms with E-state index in [1.54, 1.807) is 11.6 Å². The monoisotopic (exact) mass is 343 g/mol. The topological polar surface area (TPSA) is 94.1 Å². The van der Waals surface area contributed by atoms with E-state index in [9.17, 15) is 14.7 Å². The van der Waals surface area contributed by atoms with Crippen LogP contribution in [0.1, 0.15) is 5.56 Å². The van der Waals surface area contributed by atoms with Gasteiger partial charge in [0.2, 0.25) is 0 Å². The first kappa shape index (κ1) is 17.1. The fraction of sp³-hybridized carbons (Fsp3) is 0.353. The fourth-order valence-electron chi connectivity index (χ4n) is 2.83. The third-order valence-corrected chi connectivity index (χ3v) is 4.22. The van der Waals surface area contributed by atoms with Crippen LogP contribution in [0, 0.1) is 0 Å². The zero-order chi connectivity index (χ0) is 18.0. The largest absolute Gasteiger partial charge is 0.378 e. The molecule has 2 N–H and O–H groups in total. The molecule has 3 aromatic rings. The van der Waals surface area contributed by atoms with Crippen LogP contribution in [-0.4, -0.2) is 36.6 Å². The molecule has 3 rings (SSSR count). The first-order valence-corrected chi connectivity index (χ1v) is 8.05. The molecule has 0 radical (unpaired) electrons. The third kappa shape index (κ3) is 3.40. The zero-order valence-electron chi connectivity index (χ0n) is 14.2. The van der Waals surface area contributed by atoms with Gasteiger partial charge in [0.25, 0.3) is 5.56 Å². The fourth-order valence-corrected chi connectivity index (χ4v) is 2.83. The van der Waals surface area contributed by atoms with E-state index in [-0.39, 0.29) is 5.56 Å². The Labute approximate surface area is 144 Å². The summed E-state index contributed by atoms with van der Waals surface area (Å²) in [5.41, 5.74) is 1.00. The Balaban J connectivity index is 1.70. The highest BCUT2D eigenvalue weighted by Crippen LogP contribution is 2.05. The van der Waals surface area contributed by atoms with Crippen molar-refractivity contribution in [3.05, 3.63) is 63.1 Å². The molecule has 0 aliphatic rings. The minimum atomic E-state index is -0.677. The van der Waals surface area contributed by atoms with Gasteiger partial charge in [0, 0.05) is 33.6 Å². The minimum absolute atomic E-state index is 0.359.